The van der Waals surface area contributed by atoms with Gasteiger partial charge in [-0.25, -0.2) is 9.18 Å². The van der Waals surface area contributed by atoms with Crippen LogP contribution in [0.4, 0.5) is 9.18 Å². The second-order valence-electron chi connectivity index (χ2n) is 5.44. The van der Waals surface area contributed by atoms with E-state index in [9.17, 15) is 14.0 Å². The molecule has 0 unspecified atom stereocenters. The van der Waals surface area contributed by atoms with Crippen molar-refractivity contribution in [1.82, 2.24) is 16.0 Å². The summed E-state index contributed by atoms with van der Waals surface area (Å²) in [5, 5.41) is 7.36. The molecule has 3 amide bonds. The Bertz CT molecular complexity index is 730. The summed E-state index contributed by atoms with van der Waals surface area (Å²) >= 11 is 0. The Labute approximate surface area is 138 Å². The average Bonchev–Trinajstić information content (AvgIpc) is 2.49. The van der Waals surface area contributed by atoms with E-state index in [2.05, 4.69) is 22.5 Å². The Morgan fingerprint density at radius 2 is 2.17 bits per heavy atom. The molecule has 0 saturated heterocycles. The third kappa shape index (κ3) is 4.03. The fourth-order valence-electron chi connectivity index (χ4n) is 2.07. The Morgan fingerprint density at radius 1 is 1.46 bits per heavy atom. The highest BCUT2D eigenvalue weighted by molar-refractivity contribution is 6.00. The summed E-state index contributed by atoms with van der Waals surface area (Å²) in [5.74, 6) is -0.360. The van der Waals surface area contributed by atoms with Crippen LogP contribution in [-0.4, -0.2) is 24.6 Å². The number of hydrogen-bond acceptors (Lipinski definition) is 4. The van der Waals surface area contributed by atoms with Crippen molar-refractivity contribution < 1.29 is 18.7 Å². The number of carbonyl (C=O) groups excluding carboxylic acids is 2. The number of nitrogens with one attached hydrogen (secondary N) is 3. The van der Waals surface area contributed by atoms with Gasteiger partial charge in [0.05, 0.1) is 17.4 Å². The normalized spacial score (nSPS) is 15.5. The van der Waals surface area contributed by atoms with Crippen LogP contribution in [0.5, 0.6) is 5.75 Å². The molecule has 1 aromatic carbocycles. The molecule has 5 N–H and O–H groups in total. The summed E-state index contributed by atoms with van der Waals surface area (Å²) < 4.78 is 18.6. The maximum absolute atomic E-state index is 13.0. The van der Waals surface area contributed by atoms with Gasteiger partial charge in [-0.2, -0.15) is 0 Å². The van der Waals surface area contributed by atoms with Crippen molar-refractivity contribution in [1.29, 1.82) is 0 Å². The second-order valence-corrected chi connectivity index (χ2v) is 5.44. The zero-order valence-corrected chi connectivity index (χ0v) is 13.4. The number of ether oxygens (including phenoxy) is 1. The van der Waals surface area contributed by atoms with Gasteiger partial charge in [-0.1, -0.05) is 6.58 Å². The van der Waals surface area contributed by atoms with E-state index < -0.39 is 11.9 Å². The zero-order valence-electron chi connectivity index (χ0n) is 13.4. The third-order valence-electron chi connectivity index (χ3n) is 3.33. The van der Waals surface area contributed by atoms with E-state index in [1.807, 2.05) is 0 Å². The number of amides is 3. The van der Waals surface area contributed by atoms with Crippen molar-refractivity contribution in [2.24, 2.45) is 5.73 Å². The molecule has 1 aromatic rings. The largest absolute Gasteiger partial charge is 0.491 e. The van der Waals surface area contributed by atoms with Gasteiger partial charge < -0.3 is 26.4 Å². The highest BCUT2D eigenvalue weighted by Crippen LogP contribution is 2.18. The van der Waals surface area contributed by atoms with Gasteiger partial charge in [-0.3, -0.25) is 4.79 Å². The van der Waals surface area contributed by atoms with E-state index in [0.717, 1.165) is 0 Å². The summed E-state index contributed by atoms with van der Waals surface area (Å²) in [6, 6.07) is 3.23. The number of aryl methyl sites for hydroxylation is 1. The number of benzene rings is 1. The molecule has 1 heterocycles. The van der Waals surface area contributed by atoms with E-state index in [1.165, 1.54) is 18.2 Å². The monoisotopic (exact) mass is 334 g/mol. The molecule has 0 bridgehead atoms. The van der Waals surface area contributed by atoms with Crippen molar-refractivity contribution in [2.75, 3.05) is 6.61 Å². The lowest BCUT2D eigenvalue weighted by Crippen LogP contribution is -2.49. The quantitative estimate of drug-likeness (QED) is 0.645. The van der Waals surface area contributed by atoms with Crippen LogP contribution >= 0.6 is 0 Å². The van der Waals surface area contributed by atoms with Gasteiger partial charge in [0.25, 0.3) is 5.91 Å². The zero-order chi connectivity index (χ0) is 17.9. The molecule has 0 aromatic heterocycles. The van der Waals surface area contributed by atoms with E-state index in [-0.39, 0.29) is 35.6 Å². The van der Waals surface area contributed by atoms with E-state index >= 15 is 0 Å². The van der Waals surface area contributed by atoms with E-state index in [0.29, 0.717) is 11.3 Å². The van der Waals surface area contributed by atoms with Crippen molar-refractivity contribution in [3.63, 3.8) is 0 Å². The summed E-state index contributed by atoms with van der Waals surface area (Å²) in [6.45, 7) is 7.18. The molecular weight excluding hydrogens is 315 g/mol. The number of halogens is 1. The summed E-state index contributed by atoms with van der Waals surface area (Å²) in [4.78, 5) is 23.6. The van der Waals surface area contributed by atoms with E-state index in [1.54, 1.807) is 13.8 Å². The first-order valence-corrected chi connectivity index (χ1v) is 7.24. The van der Waals surface area contributed by atoms with Crippen LogP contribution in [0.25, 0.3) is 0 Å². The molecule has 7 nitrogen and oxygen atoms in total. The second kappa shape index (κ2) is 7.03. The van der Waals surface area contributed by atoms with Crippen molar-refractivity contribution in [3.8, 4) is 5.75 Å². The van der Waals surface area contributed by atoms with Crippen LogP contribution in [-0.2, 0) is 4.79 Å². The molecule has 0 aliphatic carbocycles. The molecule has 2 rings (SSSR count). The smallest absolute Gasteiger partial charge is 0.323 e. The van der Waals surface area contributed by atoms with Crippen LogP contribution in [0.3, 0.4) is 0 Å². The molecular formula is C16H19FN4O3. The Morgan fingerprint density at radius 3 is 2.83 bits per heavy atom. The SMILES string of the molecule is C=C1NC(=O)NC(C(=O)N[C@H](C)COc2ccc(F)cc2C)=C1N. The van der Waals surface area contributed by atoms with Crippen molar-refractivity contribution >= 4 is 11.9 Å². The van der Waals surface area contributed by atoms with Crippen LogP contribution < -0.4 is 26.4 Å². The van der Waals surface area contributed by atoms with Crippen molar-refractivity contribution in [2.45, 2.75) is 19.9 Å². The minimum atomic E-state index is -0.579. The van der Waals surface area contributed by atoms with Gasteiger partial charge >= 0.3 is 6.03 Å². The van der Waals surface area contributed by atoms with Gasteiger partial charge in [0.1, 0.15) is 23.9 Å². The summed E-state index contributed by atoms with van der Waals surface area (Å²) in [5.41, 5.74) is 6.56. The molecule has 0 spiro atoms. The molecule has 0 radical (unpaired) electrons. The van der Waals surface area contributed by atoms with Gasteiger partial charge in [0.2, 0.25) is 0 Å². The van der Waals surface area contributed by atoms with E-state index in [4.69, 9.17) is 10.5 Å². The number of carbonyl (C=O) groups is 2. The molecule has 0 saturated carbocycles. The third-order valence-corrected chi connectivity index (χ3v) is 3.33. The number of rotatable bonds is 5. The fraction of sp³-hybridized carbons (Fsp3) is 0.250. The first kappa shape index (κ1) is 17.3. The highest BCUT2D eigenvalue weighted by atomic mass is 19.1. The van der Waals surface area contributed by atoms with Gasteiger partial charge in [0.15, 0.2) is 0 Å². The standard InChI is InChI=1S/C16H19FN4O3/c1-8-6-11(17)4-5-12(8)24-7-9(2)19-15(22)14-13(18)10(3)20-16(23)21-14/h4-6,9H,3,7,18H2,1-2H3,(H,19,22)(H2,20,21,23)/t9-/m1/s1. The van der Waals surface area contributed by atoms with Crippen molar-refractivity contribution in [3.05, 3.63) is 53.2 Å². The van der Waals surface area contributed by atoms with Crippen LogP contribution in [0, 0.1) is 12.7 Å². The maximum atomic E-state index is 13.0. The number of nitrogens with two attached hydrogens (primary N) is 1. The molecule has 128 valence electrons. The first-order valence-electron chi connectivity index (χ1n) is 7.24. The topological polar surface area (TPSA) is 105 Å². The number of hydrogen-bond donors (Lipinski definition) is 4. The molecule has 0 fully saturated rings. The Kier molecular flexibility index (Phi) is 5.08. The minimum Gasteiger partial charge on any atom is -0.491 e. The lowest BCUT2D eigenvalue weighted by atomic mass is 10.2. The predicted molar refractivity (Wildman–Crippen MR) is 86.3 cm³/mol. The fourth-order valence-corrected chi connectivity index (χ4v) is 2.07. The van der Waals surface area contributed by atoms with Crippen LogP contribution in [0.2, 0.25) is 0 Å². The van der Waals surface area contributed by atoms with Gasteiger partial charge in [-0.15, -0.1) is 0 Å². The lowest BCUT2D eigenvalue weighted by molar-refractivity contribution is -0.118. The Hall–Kier alpha value is -3.03. The highest BCUT2D eigenvalue weighted by Gasteiger charge is 2.24. The van der Waals surface area contributed by atoms with Gasteiger partial charge in [-0.05, 0) is 37.6 Å². The molecule has 24 heavy (non-hydrogen) atoms. The molecule has 1 aliphatic rings. The maximum Gasteiger partial charge on any atom is 0.323 e. The first-order chi connectivity index (χ1) is 11.3. The molecule has 1 atom stereocenters. The number of urea groups is 1. The predicted octanol–water partition coefficient (Wildman–Crippen LogP) is 1.01. The average molecular weight is 334 g/mol. The van der Waals surface area contributed by atoms with Gasteiger partial charge in [0, 0.05) is 0 Å². The Balaban J connectivity index is 1.95. The lowest BCUT2D eigenvalue weighted by Gasteiger charge is -2.22. The summed E-state index contributed by atoms with van der Waals surface area (Å²) in [6.07, 6.45) is 0. The summed E-state index contributed by atoms with van der Waals surface area (Å²) in [7, 11) is 0. The van der Waals surface area contributed by atoms with Crippen LogP contribution in [0.15, 0.2) is 41.9 Å². The van der Waals surface area contributed by atoms with Crippen LogP contribution in [0.1, 0.15) is 12.5 Å². The minimum absolute atomic E-state index is 0.0615. The molecule has 8 heteroatoms. The molecule has 1 aliphatic heterocycles.